The summed E-state index contributed by atoms with van der Waals surface area (Å²) in [6.07, 6.45) is 0.758. The Morgan fingerprint density at radius 3 is 2.64 bits per heavy atom. The molecule has 0 aliphatic rings. The van der Waals surface area contributed by atoms with Gasteiger partial charge >= 0.3 is 0 Å². The zero-order valence-corrected chi connectivity index (χ0v) is 9.14. The summed E-state index contributed by atoms with van der Waals surface area (Å²) < 4.78 is 5.49. The van der Waals surface area contributed by atoms with E-state index in [2.05, 4.69) is 9.97 Å². The molecule has 0 aliphatic heterocycles. The van der Waals surface area contributed by atoms with Crippen LogP contribution < -0.4 is 0 Å². The highest BCUT2D eigenvalue weighted by molar-refractivity contribution is 6.34. The predicted molar refractivity (Wildman–Crippen MR) is 55.7 cm³/mol. The Hall–Kier alpha value is -1.09. The Bertz CT molecular complexity index is 490. The monoisotopic (exact) mass is 210 g/mol. The van der Waals surface area contributed by atoms with Crippen LogP contribution in [0.5, 0.6) is 0 Å². The van der Waals surface area contributed by atoms with Crippen LogP contribution in [0, 0.1) is 13.8 Å². The summed E-state index contributed by atoms with van der Waals surface area (Å²) in [7, 11) is 0. The second-order valence-electron chi connectivity index (χ2n) is 3.25. The van der Waals surface area contributed by atoms with Gasteiger partial charge in [-0.15, -0.1) is 0 Å². The summed E-state index contributed by atoms with van der Waals surface area (Å²) in [5.74, 6) is 1.57. The molecule has 14 heavy (non-hydrogen) atoms. The zero-order chi connectivity index (χ0) is 10.3. The highest BCUT2D eigenvalue weighted by Gasteiger charge is 2.13. The first-order valence-corrected chi connectivity index (χ1v) is 4.93. The zero-order valence-electron chi connectivity index (χ0n) is 8.39. The number of fused-ring (bicyclic) bond motifs is 1. The summed E-state index contributed by atoms with van der Waals surface area (Å²) in [6, 6.07) is 0. The van der Waals surface area contributed by atoms with Crippen molar-refractivity contribution in [3.63, 3.8) is 0 Å². The van der Waals surface area contributed by atoms with Gasteiger partial charge in [-0.3, -0.25) is 0 Å². The summed E-state index contributed by atoms with van der Waals surface area (Å²) in [4.78, 5) is 8.46. The van der Waals surface area contributed by atoms with Crippen molar-refractivity contribution in [2.45, 2.75) is 27.2 Å². The summed E-state index contributed by atoms with van der Waals surface area (Å²) in [5.41, 5.74) is 1.62. The van der Waals surface area contributed by atoms with Gasteiger partial charge in [0.2, 0.25) is 5.71 Å². The molecule has 74 valence electrons. The smallest absolute Gasteiger partial charge is 0.231 e. The Labute approximate surface area is 87.1 Å². The SMILES string of the molecule is CCc1nc(Cl)c2c(C)c(C)oc2n1. The van der Waals surface area contributed by atoms with Gasteiger partial charge in [0, 0.05) is 12.0 Å². The van der Waals surface area contributed by atoms with Crippen molar-refractivity contribution in [1.82, 2.24) is 9.97 Å². The van der Waals surface area contributed by atoms with Crippen LogP contribution in [0.25, 0.3) is 11.1 Å². The van der Waals surface area contributed by atoms with E-state index in [4.69, 9.17) is 16.0 Å². The fraction of sp³-hybridized carbons (Fsp3) is 0.400. The molecule has 0 aliphatic carbocycles. The number of halogens is 1. The van der Waals surface area contributed by atoms with Gasteiger partial charge < -0.3 is 4.42 Å². The third-order valence-electron chi connectivity index (χ3n) is 2.35. The van der Waals surface area contributed by atoms with Crippen LogP contribution in [0.3, 0.4) is 0 Å². The molecule has 0 saturated heterocycles. The quantitative estimate of drug-likeness (QED) is 0.679. The van der Waals surface area contributed by atoms with Crippen LogP contribution in [-0.4, -0.2) is 9.97 Å². The number of rotatable bonds is 1. The Morgan fingerprint density at radius 2 is 2.00 bits per heavy atom. The van der Waals surface area contributed by atoms with Crippen LogP contribution in [0.1, 0.15) is 24.1 Å². The molecule has 0 saturated carbocycles. The lowest BCUT2D eigenvalue weighted by atomic mass is 10.2. The van der Waals surface area contributed by atoms with Gasteiger partial charge in [0.1, 0.15) is 16.7 Å². The van der Waals surface area contributed by atoms with Gasteiger partial charge in [-0.1, -0.05) is 18.5 Å². The second kappa shape index (κ2) is 3.24. The molecule has 0 N–H and O–H groups in total. The lowest BCUT2D eigenvalue weighted by Crippen LogP contribution is -1.92. The van der Waals surface area contributed by atoms with Gasteiger partial charge in [0.25, 0.3) is 0 Å². The molecular weight excluding hydrogens is 200 g/mol. The average Bonchev–Trinajstić information content (AvgIpc) is 2.43. The predicted octanol–water partition coefficient (Wildman–Crippen LogP) is 3.06. The third kappa shape index (κ3) is 1.28. The van der Waals surface area contributed by atoms with Crippen LogP contribution in [0.2, 0.25) is 5.15 Å². The van der Waals surface area contributed by atoms with Gasteiger partial charge in [-0.2, -0.15) is 4.98 Å². The van der Waals surface area contributed by atoms with E-state index in [-0.39, 0.29) is 0 Å². The van der Waals surface area contributed by atoms with E-state index in [0.717, 1.165) is 29.0 Å². The largest absolute Gasteiger partial charge is 0.443 e. The van der Waals surface area contributed by atoms with Crippen molar-refractivity contribution in [1.29, 1.82) is 0 Å². The number of aromatic nitrogens is 2. The molecule has 0 aromatic carbocycles. The molecular formula is C10H11ClN2O. The van der Waals surface area contributed by atoms with Gasteiger partial charge in [-0.05, 0) is 13.8 Å². The van der Waals surface area contributed by atoms with E-state index in [1.807, 2.05) is 20.8 Å². The molecule has 0 radical (unpaired) electrons. The van der Waals surface area contributed by atoms with Crippen LogP contribution >= 0.6 is 11.6 Å². The fourth-order valence-electron chi connectivity index (χ4n) is 1.40. The maximum atomic E-state index is 6.05. The van der Waals surface area contributed by atoms with E-state index in [1.54, 1.807) is 0 Å². The van der Waals surface area contributed by atoms with Gasteiger partial charge in [0.15, 0.2) is 0 Å². The summed E-state index contributed by atoms with van der Waals surface area (Å²) >= 11 is 6.05. The maximum absolute atomic E-state index is 6.05. The van der Waals surface area contributed by atoms with E-state index in [1.165, 1.54) is 0 Å². The Morgan fingerprint density at radius 1 is 1.29 bits per heavy atom. The maximum Gasteiger partial charge on any atom is 0.231 e. The van der Waals surface area contributed by atoms with Crippen molar-refractivity contribution < 1.29 is 4.42 Å². The Kier molecular flexibility index (Phi) is 2.19. The molecule has 0 bridgehead atoms. The number of aryl methyl sites for hydroxylation is 3. The highest BCUT2D eigenvalue weighted by Crippen LogP contribution is 2.28. The van der Waals surface area contributed by atoms with Crippen molar-refractivity contribution in [3.8, 4) is 0 Å². The number of hydrogen-bond donors (Lipinski definition) is 0. The minimum absolute atomic E-state index is 0.487. The second-order valence-corrected chi connectivity index (χ2v) is 3.61. The van der Waals surface area contributed by atoms with Crippen LogP contribution in [0.15, 0.2) is 4.42 Å². The van der Waals surface area contributed by atoms with E-state index >= 15 is 0 Å². The number of nitrogens with zero attached hydrogens (tertiary/aromatic N) is 2. The molecule has 0 atom stereocenters. The first-order valence-electron chi connectivity index (χ1n) is 4.55. The fourth-order valence-corrected chi connectivity index (χ4v) is 1.72. The topological polar surface area (TPSA) is 38.9 Å². The Balaban J connectivity index is 2.83. The average molecular weight is 211 g/mol. The molecule has 0 fully saturated rings. The van der Waals surface area contributed by atoms with Crippen LogP contribution in [-0.2, 0) is 6.42 Å². The molecule has 0 spiro atoms. The van der Waals surface area contributed by atoms with Crippen molar-refractivity contribution in [2.75, 3.05) is 0 Å². The lowest BCUT2D eigenvalue weighted by Gasteiger charge is -1.97. The first kappa shape index (κ1) is 9.46. The van der Waals surface area contributed by atoms with E-state index in [9.17, 15) is 0 Å². The normalized spacial score (nSPS) is 11.1. The molecule has 0 unspecified atom stereocenters. The molecule has 0 amide bonds. The number of furan rings is 1. The van der Waals surface area contributed by atoms with Crippen molar-refractivity contribution >= 4 is 22.7 Å². The van der Waals surface area contributed by atoms with E-state index < -0.39 is 0 Å². The first-order chi connectivity index (χ1) is 6.63. The van der Waals surface area contributed by atoms with Crippen molar-refractivity contribution in [2.24, 2.45) is 0 Å². The molecule has 2 rings (SSSR count). The van der Waals surface area contributed by atoms with Crippen LogP contribution in [0.4, 0.5) is 0 Å². The molecule has 2 aromatic heterocycles. The van der Waals surface area contributed by atoms with Crippen molar-refractivity contribution in [3.05, 3.63) is 22.3 Å². The molecule has 4 heteroatoms. The number of hydrogen-bond acceptors (Lipinski definition) is 3. The molecule has 2 aromatic rings. The minimum atomic E-state index is 0.487. The highest BCUT2D eigenvalue weighted by atomic mass is 35.5. The van der Waals surface area contributed by atoms with Gasteiger partial charge in [-0.25, -0.2) is 4.98 Å². The lowest BCUT2D eigenvalue weighted by molar-refractivity contribution is 0.562. The standard InChI is InChI=1S/C10H11ClN2O/c1-4-7-12-9(11)8-5(2)6(3)14-10(8)13-7/h4H2,1-3H3. The molecule has 2 heterocycles. The third-order valence-corrected chi connectivity index (χ3v) is 2.62. The minimum Gasteiger partial charge on any atom is -0.443 e. The van der Waals surface area contributed by atoms with Gasteiger partial charge in [0.05, 0.1) is 5.39 Å². The molecule has 3 nitrogen and oxygen atoms in total. The summed E-state index contributed by atoms with van der Waals surface area (Å²) in [6.45, 7) is 5.85. The summed E-state index contributed by atoms with van der Waals surface area (Å²) in [5, 5.41) is 1.32. The van der Waals surface area contributed by atoms with E-state index in [0.29, 0.717) is 10.9 Å².